The standard InChI is InChI=1S/C18H15NO3/c20-18-11-15(13-4-2-1-3-5-13)10-16(12-18)14-6-8-17(9-7-14)19(21)22/h1-9,12,15H,10-11H2/t15-/m1/s1. The molecule has 0 aromatic heterocycles. The average molecular weight is 293 g/mol. The Morgan fingerprint density at radius 2 is 1.64 bits per heavy atom. The van der Waals surface area contributed by atoms with Crippen LogP contribution in [0.3, 0.4) is 0 Å². The first-order valence-corrected chi connectivity index (χ1v) is 7.16. The number of nitrogens with zero attached hydrogens (tertiary/aromatic N) is 1. The molecule has 110 valence electrons. The molecule has 0 unspecified atom stereocenters. The summed E-state index contributed by atoms with van der Waals surface area (Å²) in [5.41, 5.74) is 3.04. The Labute approximate surface area is 128 Å². The third kappa shape index (κ3) is 2.96. The van der Waals surface area contributed by atoms with Gasteiger partial charge in [-0.05, 0) is 47.2 Å². The number of rotatable bonds is 3. The predicted molar refractivity (Wildman–Crippen MR) is 84.5 cm³/mol. The van der Waals surface area contributed by atoms with Crippen LogP contribution in [0.25, 0.3) is 5.57 Å². The number of non-ortho nitro benzene ring substituents is 1. The number of carbonyl (C=O) groups excluding carboxylic acids is 1. The van der Waals surface area contributed by atoms with E-state index in [0.717, 1.165) is 23.1 Å². The second-order valence-corrected chi connectivity index (χ2v) is 5.46. The predicted octanol–water partition coefficient (Wildman–Crippen LogP) is 4.12. The molecule has 0 heterocycles. The van der Waals surface area contributed by atoms with Crippen LogP contribution in [0, 0.1) is 10.1 Å². The number of nitro benzene ring substituents is 1. The zero-order valence-corrected chi connectivity index (χ0v) is 11.9. The van der Waals surface area contributed by atoms with Crippen molar-refractivity contribution in [1.29, 1.82) is 0 Å². The lowest BCUT2D eigenvalue weighted by atomic mass is 9.81. The minimum absolute atomic E-state index is 0.0612. The van der Waals surface area contributed by atoms with Gasteiger partial charge in [-0.2, -0.15) is 0 Å². The van der Waals surface area contributed by atoms with Crippen LogP contribution < -0.4 is 0 Å². The van der Waals surface area contributed by atoms with Gasteiger partial charge < -0.3 is 0 Å². The maximum absolute atomic E-state index is 12.0. The summed E-state index contributed by atoms with van der Waals surface area (Å²) < 4.78 is 0. The molecule has 4 heteroatoms. The second-order valence-electron chi connectivity index (χ2n) is 5.46. The monoisotopic (exact) mass is 293 g/mol. The van der Waals surface area contributed by atoms with Crippen molar-refractivity contribution in [3.63, 3.8) is 0 Å². The minimum Gasteiger partial charge on any atom is -0.295 e. The fourth-order valence-electron chi connectivity index (χ4n) is 2.85. The first-order chi connectivity index (χ1) is 10.6. The number of nitro groups is 1. The highest BCUT2D eigenvalue weighted by Crippen LogP contribution is 2.36. The van der Waals surface area contributed by atoms with Gasteiger partial charge in [0.25, 0.3) is 5.69 Å². The van der Waals surface area contributed by atoms with Gasteiger partial charge in [0, 0.05) is 18.6 Å². The van der Waals surface area contributed by atoms with Crippen molar-refractivity contribution < 1.29 is 9.72 Å². The maximum atomic E-state index is 12.0. The third-order valence-electron chi connectivity index (χ3n) is 3.97. The molecule has 2 aromatic rings. The van der Waals surface area contributed by atoms with E-state index < -0.39 is 4.92 Å². The van der Waals surface area contributed by atoms with Crippen LogP contribution in [-0.2, 0) is 4.79 Å². The summed E-state index contributed by atoms with van der Waals surface area (Å²) >= 11 is 0. The molecule has 0 radical (unpaired) electrons. The van der Waals surface area contributed by atoms with Crippen molar-refractivity contribution >= 4 is 17.0 Å². The highest BCUT2D eigenvalue weighted by molar-refractivity contribution is 5.99. The molecule has 0 fully saturated rings. The Kier molecular flexibility index (Phi) is 3.83. The maximum Gasteiger partial charge on any atom is 0.269 e. The first-order valence-electron chi connectivity index (χ1n) is 7.16. The summed E-state index contributed by atoms with van der Waals surface area (Å²) in [7, 11) is 0. The molecule has 1 atom stereocenters. The van der Waals surface area contributed by atoms with Crippen molar-refractivity contribution in [2.24, 2.45) is 0 Å². The molecule has 0 saturated carbocycles. The van der Waals surface area contributed by atoms with Crippen LogP contribution in [-0.4, -0.2) is 10.7 Å². The van der Waals surface area contributed by atoms with Crippen LogP contribution in [0.15, 0.2) is 60.7 Å². The lowest BCUT2D eigenvalue weighted by Gasteiger charge is -2.22. The van der Waals surface area contributed by atoms with Crippen molar-refractivity contribution in [3.8, 4) is 0 Å². The molecule has 0 saturated heterocycles. The topological polar surface area (TPSA) is 60.2 Å². The number of ketones is 1. The highest BCUT2D eigenvalue weighted by atomic mass is 16.6. The Morgan fingerprint density at radius 1 is 0.955 bits per heavy atom. The van der Waals surface area contributed by atoms with Crippen LogP contribution in [0.4, 0.5) is 5.69 Å². The normalized spacial score (nSPS) is 17.9. The van der Waals surface area contributed by atoms with Crippen molar-refractivity contribution in [3.05, 3.63) is 81.9 Å². The number of allylic oxidation sites excluding steroid dienone is 2. The van der Waals surface area contributed by atoms with Gasteiger partial charge in [-0.1, -0.05) is 30.3 Å². The molecule has 0 N–H and O–H groups in total. The summed E-state index contributed by atoms with van der Waals surface area (Å²) in [6, 6.07) is 16.4. The molecule has 4 nitrogen and oxygen atoms in total. The van der Waals surface area contributed by atoms with Gasteiger partial charge >= 0.3 is 0 Å². The summed E-state index contributed by atoms with van der Waals surface area (Å²) in [6.45, 7) is 0. The van der Waals surface area contributed by atoms with Gasteiger partial charge in [0.15, 0.2) is 5.78 Å². The summed E-state index contributed by atoms with van der Waals surface area (Å²) in [6.07, 6.45) is 2.95. The van der Waals surface area contributed by atoms with Gasteiger partial charge in [-0.3, -0.25) is 14.9 Å². The van der Waals surface area contributed by atoms with E-state index in [1.54, 1.807) is 18.2 Å². The molecule has 0 bridgehead atoms. The molecular formula is C18H15NO3. The average Bonchev–Trinajstić information content (AvgIpc) is 2.55. The van der Waals surface area contributed by atoms with Gasteiger partial charge in [0.05, 0.1) is 4.92 Å². The van der Waals surface area contributed by atoms with Crippen LogP contribution in [0.2, 0.25) is 0 Å². The number of hydrogen-bond donors (Lipinski definition) is 0. The molecule has 1 aliphatic rings. The van der Waals surface area contributed by atoms with E-state index in [1.165, 1.54) is 12.1 Å². The second kappa shape index (κ2) is 5.93. The molecule has 0 aliphatic heterocycles. The van der Waals surface area contributed by atoms with Gasteiger partial charge in [0.2, 0.25) is 0 Å². The molecule has 2 aromatic carbocycles. The SMILES string of the molecule is O=C1C=C(c2ccc([N+](=O)[O-])cc2)C[C@@H](c2ccccc2)C1. The van der Waals surface area contributed by atoms with Crippen molar-refractivity contribution in [2.75, 3.05) is 0 Å². The van der Waals surface area contributed by atoms with Crippen LogP contribution in [0.5, 0.6) is 0 Å². The molecule has 1 aliphatic carbocycles. The summed E-state index contributed by atoms with van der Waals surface area (Å²) in [5.74, 6) is 0.275. The Bertz CT molecular complexity index is 733. The molecule has 0 amide bonds. The van der Waals surface area contributed by atoms with E-state index in [-0.39, 0.29) is 17.4 Å². The summed E-state index contributed by atoms with van der Waals surface area (Å²) in [4.78, 5) is 22.3. The largest absolute Gasteiger partial charge is 0.295 e. The van der Waals surface area contributed by atoms with Crippen LogP contribution >= 0.6 is 0 Å². The van der Waals surface area contributed by atoms with Crippen LogP contribution in [0.1, 0.15) is 29.9 Å². The Hall–Kier alpha value is -2.75. The smallest absolute Gasteiger partial charge is 0.269 e. The van der Waals surface area contributed by atoms with Gasteiger partial charge in [-0.25, -0.2) is 0 Å². The van der Waals surface area contributed by atoms with E-state index in [4.69, 9.17) is 0 Å². The lowest BCUT2D eigenvalue weighted by molar-refractivity contribution is -0.384. The highest BCUT2D eigenvalue weighted by Gasteiger charge is 2.23. The zero-order valence-electron chi connectivity index (χ0n) is 11.9. The third-order valence-corrected chi connectivity index (χ3v) is 3.97. The number of benzene rings is 2. The van der Waals surface area contributed by atoms with E-state index >= 15 is 0 Å². The van der Waals surface area contributed by atoms with Crippen molar-refractivity contribution in [2.45, 2.75) is 18.8 Å². The summed E-state index contributed by atoms with van der Waals surface area (Å²) in [5, 5.41) is 10.7. The minimum atomic E-state index is -0.420. The van der Waals surface area contributed by atoms with Gasteiger partial charge in [0.1, 0.15) is 0 Å². The first kappa shape index (κ1) is 14.2. The van der Waals surface area contributed by atoms with E-state index in [0.29, 0.717) is 6.42 Å². The zero-order chi connectivity index (χ0) is 15.5. The Balaban J connectivity index is 1.87. The lowest BCUT2D eigenvalue weighted by Crippen LogP contribution is -2.12. The Morgan fingerprint density at radius 3 is 2.27 bits per heavy atom. The van der Waals surface area contributed by atoms with E-state index in [1.807, 2.05) is 30.3 Å². The van der Waals surface area contributed by atoms with Crippen molar-refractivity contribution in [1.82, 2.24) is 0 Å². The molecule has 0 spiro atoms. The molecular weight excluding hydrogens is 278 g/mol. The van der Waals surface area contributed by atoms with E-state index in [9.17, 15) is 14.9 Å². The number of carbonyl (C=O) groups is 1. The molecule has 3 rings (SSSR count). The quantitative estimate of drug-likeness (QED) is 0.631. The van der Waals surface area contributed by atoms with E-state index in [2.05, 4.69) is 0 Å². The molecule has 22 heavy (non-hydrogen) atoms. The fourth-order valence-corrected chi connectivity index (χ4v) is 2.85. The fraction of sp³-hybridized carbons (Fsp3) is 0.167. The van der Waals surface area contributed by atoms with Gasteiger partial charge in [-0.15, -0.1) is 0 Å². The number of hydrogen-bond acceptors (Lipinski definition) is 3.